The second-order valence-corrected chi connectivity index (χ2v) is 13.7. The van der Waals surface area contributed by atoms with Gasteiger partial charge in [0.25, 0.3) is 0 Å². The lowest BCUT2D eigenvalue weighted by Crippen LogP contribution is -2.51. The molecule has 3 heterocycles. The minimum atomic E-state index is -3.32. The van der Waals surface area contributed by atoms with E-state index in [2.05, 4.69) is 15.6 Å². The Labute approximate surface area is 217 Å². The number of hydrogen-bond donors (Lipinski definition) is 2. The number of hydrogen-bond acceptors (Lipinski definition) is 7. The highest BCUT2D eigenvalue weighted by Crippen LogP contribution is 2.40. The third-order valence-electron chi connectivity index (χ3n) is 7.66. The van der Waals surface area contributed by atoms with Gasteiger partial charge in [0.2, 0.25) is 11.8 Å². The molecule has 3 aliphatic rings. The zero-order valence-electron chi connectivity index (χ0n) is 21.5. The average Bonchev–Trinajstić information content (AvgIpc) is 3.44. The van der Waals surface area contributed by atoms with E-state index in [1.807, 2.05) is 27.0 Å². The fourth-order valence-corrected chi connectivity index (χ4v) is 7.24. The van der Waals surface area contributed by atoms with Crippen molar-refractivity contribution in [3.63, 3.8) is 0 Å². The molecule has 37 heavy (non-hydrogen) atoms. The number of amides is 2. The van der Waals surface area contributed by atoms with Crippen LogP contribution in [0.4, 0.5) is 0 Å². The van der Waals surface area contributed by atoms with Crippen LogP contribution < -0.4 is 5.32 Å². The predicted octanol–water partition coefficient (Wildman–Crippen LogP) is 1.78. The van der Waals surface area contributed by atoms with Crippen LogP contribution in [-0.4, -0.2) is 76.2 Å². The van der Waals surface area contributed by atoms with Crippen LogP contribution in [0.15, 0.2) is 35.4 Å². The molecule has 1 unspecified atom stereocenters. The summed E-state index contributed by atoms with van der Waals surface area (Å²) in [6.45, 7) is 6.17. The van der Waals surface area contributed by atoms with Crippen molar-refractivity contribution >= 4 is 21.7 Å². The molecule has 2 aromatic rings. The second-order valence-electron chi connectivity index (χ2n) is 11.6. The second kappa shape index (κ2) is 9.50. The van der Waals surface area contributed by atoms with Gasteiger partial charge in [0.05, 0.1) is 22.4 Å². The predicted molar refractivity (Wildman–Crippen MR) is 135 cm³/mol. The number of likely N-dealkylation sites (tertiary alicyclic amines) is 1. The third-order valence-corrected chi connectivity index (χ3v) is 9.47. The molecule has 2 N–H and O–H groups in total. The number of nitrogens with one attached hydrogen (secondary N) is 1. The number of nitrogens with zero attached hydrogens (tertiary/aromatic N) is 4. The van der Waals surface area contributed by atoms with E-state index in [4.69, 9.17) is 0 Å². The first-order valence-corrected chi connectivity index (χ1v) is 14.6. The molecule has 0 radical (unpaired) electrons. The molecule has 5 rings (SSSR count). The van der Waals surface area contributed by atoms with Gasteiger partial charge >= 0.3 is 0 Å². The first-order chi connectivity index (χ1) is 17.5. The Hall–Kier alpha value is -2.79. The Kier molecular flexibility index (Phi) is 6.64. The van der Waals surface area contributed by atoms with Gasteiger partial charge in [0.15, 0.2) is 9.84 Å². The highest BCUT2D eigenvalue weighted by atomic mass is 32.2. The zero-order chi connectivity index (χ0) is 26.5. The monoisotopic (exact) mass is 529 g/mol. The Balaban J connectivity index is 1.32. The average molecular weight is 530 g/mol. The Bertz CT molecular complexity index is 1300. The smallest absolute Gasteiger partial charge is 0.248 e. The number of rotatable bonds is 6. The van der Waals surface area contributed by atoms with Crippen LogP contribution in [0.3, 0.4) is 0 Å². The molecule has 4 atom stereocenters. The highest BCUT2D eigenvalue weighted by Gasteiger charge is 2.45. The van der Waals surface area contributed by atoms with E-state index in [-0.39, 0.29) is 43.0 Å². The molecule has 1 saturated heterocycles. The molecular formula is C26H35N5O5S. The first-order valence-electron chi connectivity index (χ1n) is 13.0. The number of carbonyl (C=O) groups is 2. The molecule has 200 valence electrons. The minimum absolute atomic E-state index is 0.0331. The van der Waals surface area contributed by atoms with Gasteiger partial charge < -0.3 is 15.3 Å². The van der Waals surface area contributed by atoms with E-state index in [0.29, 0.717) is 22.8 Å². The number of sulfone groups is 1. The molecule has 1 aromatic heterocycles. The quantitative estimate of drug-likeness (QED) is 0.582. The molecule has 1 aliphatic carbocycles. The largest absolute Gasteiger partial charge is 0.391 e. The summed E-state index contributed by atoms with van der Waals surface area (Å²) in [4.78, 5) is 29.0. The molecule has 0 spiro atoms. The number of fused-ring (bicyclic) bond motifs is 1. The summed E-state index contributed by atoms with van der Waals surface area (Å²) in [6, 6.07) is 5.41. The van der Waals surface area contributed by atoms with Crippen LogP contribution in [0, 0.1) is 5.41 Å². The molecule has 2 aliphatic heterocycles. The molecule has 1 aromatic carbocycles. The zero-order valence-corrected chi connectivity index (χ0v) is 22.3. The number of benzene rings is 1. The Morgan fingerprint density at radius 2 is 1.92 bits per heavy atom. The van der Waals surface area contributed by atoms with Crippen molar-refractivity contribution in [3.8, 4) is 0 Å². The summed E-state index contributed by atoms with van der Waals surface area (Å²) < 4.78 is 26.5. The Morgan fingerprint density at radius 3 is 2.62 bits per heavy atom. The van der Waals surface area contributed by atoms with E-state index in [9.17, 15) is 23.1 Å². The molecule has 2 fully saturated rings. The lowest BCUT2D eigenvalue weighted by atomic mass is 9.85. The van der Waals surface area contributed by atoms with Gasteiger partial charge in [-0.15, -0.1) is 5.10 Å². The van der Waals surface area contributed by atoms with Crippen LogP contribution in [0.5, 0.6) is 0 Å². The molecule has 10 nitrogen and oxygen atoms in total. The van der Waals surface area contributed by atoms with E-state index < -0.39 is 33.4 Å². The normalized spacial score (nSPS) is 25.9. The van der Waals surface area contributed by atoms with Crippen LogP contribution in [-0.2, 0) is 19.4 Å². The van der Waals surface area contributed by atoms with Crippen LogP contribution in [0.25, 0.3) is 0 Å². The molecule has 11 heteroatoms. The summed E-state index contributed by atoms with van der Waals surface area (Å²) in [6.07, 6.45) is 3.74. The highest BCUT2D eigenvalue weighted by molar-refractivity contribution is 7.91. The summed E-state index contributed by atoms with van der Waals surface area (Å²) in [5.41, 5.74) is 1.09. The minimum Gasteiger partial charge on any atom is -0.391 e. The fraction of sp³-hybridized carbons (Fsp3) is 0.615. The maximum atomic E-state index is 13.9. The molecule has 1 saturated carbocycles. The molecule has 2 amide bonds. The maximum Gasteiger partial charge on any atom is 0.248 e. The third kappa shape index (κ3) is 5.16. The fourth-order valence-electron chi connectivity index (χ4n) is 5.54. The first kappa shape index (κ1) is 25.8. The lowest BCUT2D eigenvalue weighted by Gasteiger charge is -2.34. The van der Waals surface area contributed by atoms with E-state index >= 15 is 0 Å². The lowest BCUT2D eigenvalue weighted by molar-refractivity contribution is -0.144. The van der Waals surface area contributed by atoms with Crippen molar-refractivity contribution < 1.29 is 23.1 Å². The number of aliphatic hydroxyl groups is 1. The van der Waals surface area contributed by atoms with Gasteiger partial charge in [-0.25, -0.2) is 13.1 Å². The van der Waals surface area contributed by atoms with Gasteiger partial charge in [-0.05, 0) is 36.3 Å². The standard InChI is InChI=1S/C26H35N5O5S/c1-26(2,3)23(31-15-20(28-29-31)16-8-9-16)25(34)30-14-18(32)12-21(30)24(33)27-13-17-10-11-37(35,36)22-7-5-4-6-19(17)22/h4-7,15-18,21,23,32H,8-14H2,1-3H3,(H,27,33)/t17?,18-,21+,23-/m1/s1. The summed E-state index contributed by atoms with van der Waals surface area (Å²) in [5, 5.41) is 21.9. The number of aromatic nitrogens is 3. The van der Waals surface area contributed by atoms with Gasteiger partial charge in [0.1, 0.15) is 12.1 Å². The maximum absolute atomic E-state index is 13.9. The van der Waals surface area contributed by atoms with Crippen molar-refractivity contribution in [2.75, 3.05) is 18.8 Å². The van der Waals surface area contributed by atoms with E-state index in [1.54, 1.807) is 28.9 Å². The van der Waals surface area contributed by atoms with Crippen molar-refractivity contribution in [2.45, 2.75) is 81.4 Å². The van der Waals surface area contributed by atoms with Gasteiger partial charge in [-0.2, -0.15) is 0 Å². The van der Waals surface area contributed by atoms with Gasteiger partial charge in [-0.3, -0.25) is 9.59 Å². The number of aliphatic hydroxyl groups excluding tert-OH is 1. The van der Waals surface area contributed by atoms with Crippen molar-refractivity contribution in [2.24, 2.45) is 5.41 Å². The van der Waals surface area contributed by atoms with Crippen LogP contribution in [0.2, 0.25) is 0 Å². The number of carbonyl (C=O) groups excluding carboxylic acids is 2. The van der Waals surface area contributed by atoms with E-state index in [0.717, 1.165) is 18.5 Å². The number of β-amino-alcohol motifs (C(OH)–C–C–N with tert-alkyl or cyclic N) is 1. The van der Waals surface area contributed by atoms with Crippen molar-refractivity contribution in [1.29, 1.82) is 0 Å². The summed E-state index contributed by atoms with van der Waals surface area (Å²) in [5.74, 6) is -0.328. The van der Waals surface area contributed by atoms with Crippen LogP contribution >= 0.6 is 0 Å². The van der Waals surface area contributed by atoms with Crippen molar-refractivity contribution in [3.05, 3.63) is 41.7 Å². The molecule has 0 bridgehead atoms. The van der Waals surface area contributed by atoms with Gasteiger partial charge in [0, 0.05) is 37.5 Å². The van der Waals surface area contributed by atoms with Gasteiger partial charge in [-0.1, -0.05) is 44.2 Å². The van der Waals surface area contributed by atoms with Crippen molar-refractivity contribution in [1.82, 2.24) is 25.2 Å². The topological polar surface area (TPSA) is 134 Å². The summed E-state index contributed by atoms with van der Waals surface area (Å²) in [7, 11) is -3.32. The SMILES string of the molecule is CC(C)(C)[C@@H](C(=O)N1C[C@H](O)C[C@H]1C(=O)NCC1CCS(=O)(=O)c2ccccc21)n1cc(C2CC2)nn1. The van der Waals surface area contributed by atoms with E-state index in [1.165, 1.54) is 4.90 Å². The van der Waals surface area contributed by atoms with Crippen LogP contribution in [0.1, 0.15) is 75.6 Å². The Morgan fingerprint density at radius 1 is 1.19 bits per heavy atom. The molecular weight excluding hydrogens is 494 g/mol. The summed E-state index contributed by atoms with van der Waals surface area (Å²) >= 11 is 0.